The van der Waals surface area contributed by atoms with Gasteiger partial charge < -0.3 is 72.9 Å². The summed E-state index contributed by atoms with van der Waals surface area (Å²) >= 11 is 0. The maximum atomic E-state index is 13.1. The van der Waals surface area contributed by atoms with E-state index in [0.29, 0.717) is 19.3 Å². The summed E-state index contributed by atoms with van der Waals surface area (Å²) in [6.45, 7) is 10.8. The van der Waals surface area contributed by atoms with Crippen LogP contribution in [0, 0.1) is 11.8 Å². The number of hydrogen-bond donors (Lipinski definition) is 4. The Bertz CT molecular complexity index is 1370. The third-order valence-corrected chi connectivity index (χ3v) is 12.4. The number of carbonyl (C=O) groups excluding carboxylic acids is 2. The lowest BCUT2D eigenvalue weighted by atomic mass is 9.82. The molecule has 16 heteroatoms. The summed E-state index contributed by atoms with van der Waals surface area (Å²) in [7, 11) is 9.03. The van der Waals surface area contributed by atoms with Gasteiger partial charge >= 0.3 is 5.97 Å². The molecule has 0 aromatic heterocycles. The largest absolute Gasteiger partial charge is 0.462 e. The lowest BCUT2D eigenvalue weighted by Crippen LogP contribution is -2.65. The van der Waals surface area contributed by atoms with E-state index >= 15 is 0 Å². The quantitative estimate of drug-likeness (QED) is 0.175. The van der Waals surface area contributed by atoms with Crippen LogP contribution in [-0.4, -0.2) is 181 Å². The SMILES string of the molecule is CO[C@H]1[C@@H](O[C@@H]2O[C@H](C)[C@H](O[C@@H]3C[C@](C)(O)[C@H](O)[C@H](C)O3)[C@H](N(C)C)[C@H]2O)[C@@H](CC=O)C[C@@H](C)[C@@H](O[C@@H]2CC[C@H](N(C)C)[C@H](C)O2)/C=C/C=C\C[C@@H](C)OC(=O)C[C@H]1O. The number of aliphatic hydroxyl groups is 4. The lowest BCUT2D eigenvalue weighted by molar-refractivity contribution is -0.344. The second-order valence-electron chi connectivity index (χ2n) is 17.8. The number of methoxy groups -OCH3 is 1. The van der Waals surface area contributed by atoms with E-state index in [2.05, 4.69) is 4.90 Å². The molecule has 0 aliphatic carbocycles. The zero-order valence-corrected chi connectivity index (χ0v) is 37.0. The molecule has 340 valence electrons. The topological polar surface area (TPSA) is 195 Å². The molecular formula is C43H74N2O14. The molecule has 4 rings (SSSR count). The van der Waals surface area contributed by atoms with Crippen LogP contribution in [0.15, 0.2) is 24.3 Å². The summed E-state index contributed by atoms with van der Waals surface area (Å²) < 4.78 is 50.0. The average molecular weight is 843 g/mol. The van der Waals surface area contributed by atoms with Gasteiger partial charge in [0.05, 0.1) is 54.7 Å². The van der Waals surface area contributed by atoms with Crippen molar-refractivity contribution in [3.8, 4) is 0 Å². The van der Waals surface area contributed by atoms with Crippen LogP contribution in [0.1, 0.15) is 86.5 Å². The van der Waals surface area contributed by atoms with Crippen LogP contribution in [0.4, 0.5) is 0 Å². The van der Waals surface area contributed by atoms with Gasteiger partial charge in [-0.05, 0) is 93.9 Å². The van der Waals surface area contributed by atoms with Crippen molar-refractivity contribution in [2.24, 2.45) is 11.8 Å². The fourth-order valence-electron chi connectivity index (χ4n) is 9.10. The summed E-state index contributed by atoms with van der Waals surface area (Å²) in [4.78, 5) is 29.5. The summed E-state index contributed by atoms with van der Waals surface area (Å²) in [6.07, 6.45) is -1.56. The predicted octanol–water partition coefficient (Wildman–Crippen LogP) is 2.33. The summed E-state index contributed by atoms with van der Waals surface area (Å²) in [6, 6.07) is -0.466. The highest BCUT2D eigenvalue weighted by atomic mass is 16.7. The first-order valence-electron chi connectivity index (χ1n) is 21.3. The molecule has 0 unspecified atom stereocenters. The third-order valence-electron chi connectivity index (χ3n) is 12.4. The van der Waals surface area contributed by atoms with Crippen molar-refractivity contribution < 1.29 is 67.9 Å². The highest BCUT2D eigenvalue weighted by molar-refractivity contribution is 5.70. The number of aliphatic hydroxyl groups excluding tert-OH is 3. The zero-order chi connectivity index (χ0) is 43.8. The van der Waals surface area contributed by atoms with Crippen LogP contribution in [0.25, 0.3) is 0 Å². The third kappa shape index (κ3) is 13.3. The van der Waals surface area contributed by atoms with Crippen molar-refractivity contribution in [3.63, 3.8) is 0 Å². The Kier molecular flexibility index (Phi) is 18.9. The minimum atomic E-state index is -1.47. The molecule has 59 heavy (non-hydrogen) atoms. The molecule has 16 nitrogen and oxygen atoms in total. The van der Waals surface area contributed by atoms with Crippen LogP contribution in [0.3, 0.4) is 0 Å². The number of allylic oxidation sites excluding steroid dienone is 2. The molecule has 4 aliphatic rings. The molecule has 0 aromatic rings. The van der Waals surface area contributed by atoms with E-state index in [0.717, 1.165) is 12.7 Å². The summed E-state index contributed by atoms with van der Waals surface area (Å²) in [5.74, 6) is -1.47. The van der Waals surface area contributed by atoms with Gasteiger partial charge in [0.15, 0.2) is 18.9 Å². The van der Waals surface area contributed by atoms with Gasteiger partial charge in [-0.1, -0.05) is 31.2 Å². The Hall–Kier alpha value is -1.90. The highest BCUT2D eigenvalue weighted by Crippen LogP contribution is 2.37. The van der Waals surface area contributed by atoms with Gasteiger partial charge in [-0.25, -0.2) is 0 Å². The Morgan fingerprint density at radius 2 is 1.56 bits per heavy atom. The molecule has 4 N–H and O–H groups in total. The lowest BCUT2D eigenvalue weighted by Gasteiger charge is -2.50. The van der Waals surface area contributed by atoms with Gasteiger partial charge in [-0.15, -0.1) is 0 Å². The minimum Gasteiger partial charge on any atom is -0.462 e. The predicted molar refractivity (Wildman–Crippen MR) is 217 cm³/mol. The normalized spacial score (nSPS) is 45.8. The first kappa shape index (κ1) is 49.8. The molecule has 0 spiro atoms. The molecule has 19 atom stereocenters. The maximum absolute atomic E-state index is 13.1. The van der Waals surface area contributed by atoms with Gasteiger partial charge in [-0.2, -0.15) is 0 Å². The van der Waals surface area contributed by atoms with Gasteiger partial charge in [-0.3, -0.25) is 4.79 Å². The number of aldehydes is 1. The van der Waals surface area contributed by atoms with Crippen LogP contribution >= 0.6 is 0 Å². The molecule has 4 heterocycles. The fourth-order valence-corrected chi connectivity index (χ4v) is 9.10. The number of hydrogen-bond acceptors (Lipinski definition) is 16. The zero-order valence-electron chi connectivity index (χ0n) is 37.0. The van der Waals surface area contributed by atoms with E-state index in [1.165, 1.54) is 14.0 Å². The van der Waals surface area contributed by atoms with Crippen LogP contribution in [-0.2, 0) is 47.5 Å². The second-order valence-corrected chi connectivity index (χ2v) is 17.8. The number of rotatable bonds is 11. The molecule has 0 saturated carbocycles. The molecule has 3 saturated heterocycles. The monoisotopic (exact) mass is 843 g/mol. The molecular weight excluding hydrogens is 768 g/mol. The standard InChI is InChI=1S/C43H74N2O14/c1-24-21-29(19-20-46)39(59-42-37(49)36(45(9)10)38(27(4)56-42)58-35-23-43(6,51)41(50)28(5)55-35)40(52-11)31(47)22-33(48)53-25(2)15-13-12-14-16-32(24)57-34-18-17-30(44(7)8)26(3)54-34/h12-14,16,20,24-32,34-42,47,49-51H,15,17-19,21-23H2,1-11H3/b13-12-,16-14+/t24-,25-,26+,27-,28+,29+,30+,31-,32+,34-,35-,36-,37-,38+,39+,40-,41-,42+,43+/m1/s1. The van der Waals surface area contributed by atoms with Crippen LogP contribution in [0.2, 0.25) is 0 Å². The van der Waals surface area contributed by atoms with Gasteiger partial charge in [0.25, 0.3) is 0 Å². The van der Waals surface area contributed by atoms with Gasteiger partial charge in [0, 0.05) is 32.4 Å². The van der Waals surface area contributed by atoms with E-state index in [1.807, 2.05) is 52.2 Å². The van der Waals surface area contributed by atoms with Crippen molar-refractivity contribution in [3.05, 3.63) is 24.3 Å². The number of likely N-dealkylation sites (N-methyl/N-ethyl adjacent to an activating group) is 2. The Balaban J connectivity index is 1.66. The molecule has 0 radical (unpaired) electrons. The van der Waals surface area contributed by atoms with Crippen molar-refractivity contribution in [1.82, 2.24) is 9.80 Å². The fraction of sp³-hybridized carbons (Fsp3) is 0.860. The number of ether oxygens (including phenoxy) is 8. The number of nitrogens with zero attached hydrogens (tertiary/aromatic N) is 2. The van der Waals surface area contributed by atoms with Crippen molar-refractivity contribution in [2.45, 2.75) is 190 Å². The molecule has 4 aliphatic heterocycles. The Morgan fingerprint density at radius 3 is 2.17 bits per heavy atom. The molecule has 0 amide bonds. The van der Waals surface area contributed by atoms with E-state index in [1.54, 1.807) is 39.8 Å². The summed E-state index contributed by atoms with van der Waals surface area (Å²) in [5, 5.41) is 45.1. The highest BCUT2D eigenvalue weighted by Gasteiger charge is 2.52. The molecule has 3 fully saturated rings. The van der Waals surface area contributed by atoms with E-state index in [-0.39, 0.29) is 30.9 Å². The second kappa shape index (κ2) is 22.5. The Morgan fingerprint density at radius 1 is 0.864 bits per heavy atom. The minimum absolute atomic E-state index is 0.00885. The number of cyclic esters (lactones) is 1. The maximum Gasteiger partial charge on any atom is 0.308 e. The first-order valence-corrected chi connectivity index (χ1v) is 21.3. The van der Waals surface area contributed by atoms with Crippen LogP contribution in [0.5, 0.6) is 0 Å². The van der Waals surface area contributed by atoms with Crippen LogP contribution < -0.4 is 0 Å². The number of esters is 1. The van der Waals surface area contributed by atoms with Gasteiger partial charge in [0.1, 0.15) is 36.8 Å². The van der Waals surface area contributed by atoms with Crippen molar-refractivity contribution in [1.29, 1.82) is 0 Å². The van der Waals surface area contributed by atoms with E-state index < -0.39 is 110 Å². The van der Waals surface area contributed by atoms with Crippen molar-refractivity contribution in [2.75, 3.05) is 35.3 Å². The van der Waals surface area contributed by atoms with Crippen molar-refractivity contribution >= 4 is 12.3 Å². The average Bonchev–Trinajstić information content (AvgIpc) is 3.13. The summed E-state index contributed by atoms with van der Waals surface area (Å²) in [5.41, 5.74) is -1.47. The van der Waals surface area contributed by atoms with E-state index in [9.17, 15) is 30.0 Å². The van der Waals surface area contributed by atoms with E-state index in [4.69, 9.17) is 37.9 Å². The smallest absolute Gasteiger partial charge is 0.308 e. The first-order chi connectivity index (χ1) is 27.8. The van der Waals surface area contributed by atoms with Gasteiger partial charge in [0.2, 0.25) is 0 Å². The molecule has 0 bridgehead atoms. The Labute approximate surface area is 351 Å². The number of carbonyl (C=O) groups is 2. The molecule has 0 aromatic carbocycles.